The smallest absolute Gasteiger partial charge is 0.412 e. The van der Waals surface area contributed by atoms with E-state index in [1.165, 1.54) is 34.2 Å². The van der Waals surface area contributed by atoms with E-state index in [1.807, 2.05) is 18.2 Å². The highest BCUT2D eigenvalue weighted by Gasteiger charge is 2.35. The molecule has 0 aromatic carbocycles. The number of pyridine rings is 1. The zero-order valence-corrected chi connectivity index (χ0v) is 17.8. The molecule has 0 saturated carbocycles. The number of nitrogens with one attached hydrogen (secondary N) is 1. The number of anilines is 1. The van der Waals surface area contributed by atoms with E-state index in [4.69, 9.17) is 9.47 Å². The van der Waals surface area contributed by atoms with Gasteiger partial charge in [-0.05, 0) is 22.9 Å². The van der Waals surface area contributed by atoms with Crippen molar-refractivity contribution in [1.29, 1.82) is 0 Å². The van der Waals surface area contributed by atoms with E-state index in [2.05, 4.69) is 25.3 Å². The van der Waals surface area contributed by atoms with Crippen LogP contribution in [0.3, 0.4) is 0 Å². The first-order valence-corrected chi connectivity index (χ1v) is 11.7. The van der Waals surface area contributed by atoms with Gasteiger partial charge in [-0.2, -0.15) is 0 Å². The van der Waals surface area contributed by atoms with E-state index in [0.29, 0.717) is 23.3 Å². The molecule has 0 spiro atoms. The van der Waals surface area contributed by atoms with Gasteiger partial charge in [0.15, 0.2) is 17.0 Å². The van der Waals surface area contributed by atoms with Crippen molar-refractivity contribution in [3.8, 4) is 0 Å². The van der Waals surface area contributed by atoms with Crippen molar-refractivity contribution >= 4 is 44.7 Å². The van der Waals surface area contributed by atoms with E-state index in [-0.39, 0.29) is 19.0 Å². The lowest BCUT2D eigenvalue weighted by Crippen LogP contribution is -2.24. The molecule has 4 rings (SSSR count). The maximum Gasteiger partial charge on any atom is 0.412 e. The highest BCUT2D eigenvalue weighted by Crippen LogP contribution is 2.31. The summed E-state index contributed by atoms with van der Waals surface area (Å²) in [5.41, 5.74) is 0.800. The summed E-state index contributed by atoms with van der Waals surface area (Å²) >= 11 is 0. The Balaban J connectivity index is 1.31. The lowest BCUT2D eigenvalue weighted by atomic mass is 10.2. The molecule has 0 bridgehead atoms. The average Bonchev–Trinajstić information content (AvgIpc) is 3.38. The molecule has 1 amide bonds. The molecule has 164 valence electrons. The monoisotopic (exact) mass is 464 g/mol. The van der Waals surface area contributed by atoms with Crippen molar-refractivity contribution in [2.75, 3.05) is 24.3 Å². The van der Waals surface area contributed by atoms with Gasteiger partial charge >= 0.3 is 6.09 Å². The molecule has 0 radical (unpaired) electrons. The van der Waals surface area contributed by atoms with Gasteiger partial charge in [0, 0.05) is 18.4 Å². The number of aliphatic hydroxyl groups is 2. The quantitative estimate of drug-likeness (QED) is 0.332. The van der Waals surface area contributed by atoms with Crippen LogP contribution in [-0.2, 0) is 9.47 Å². The van der Waals surface area contributed by atoms with Crippen LogP contribution in [0.15, 0.2) is 42.1 Å². The second kappa shape index (κ2) is 10.2. The van der Waals surface area contributed by atoms with Crippen molar-refractivity contribution in [3.63, 3.8) is 0 Å². The molecule has 1 saturated heterocycles. The number of aromatic nitrogens is 5. The third kappa shape index (κ3) is 5.25. The van der Waals surface area contributed by atoms with Gasteiger partial charge in [-0.25, -0.2) is 24.7 Å². The highest BCUT2D eigenvalue weighted by molar-refractivity contribution is 8.76. The van der Waals surface area contributed by atoms with Crippen molar-refractivity contribution in [3.05, 3.63) is 37.1 Å². The van der Waals surface area contributed by atoms with Crippen LogP contribution >= 0.6 is 21.6 Å². The normalized spacial score (nSPS) is 20.8. The van der Waals surface area contributed by atoms with Crippen LogP contribution in [-0.4, -0.2) is 72.0 Å². The summed E-state index contributed by atoms with van der Waals surface area (Å²) in [6, 6.07) is 5.67. The predicted molar refractivity (Wildman–Crippen MR) is 114 cm³/mol. The van der Waals surface area contributed by atoms with Crippen molar-refractivity contribution in [1.82, 2.24) is 24.5 Å². The highest BCUT2D eigenvalue weighted by atomic mass is 33.1. The summed E-state index contributed by atoms with van der Waals surface area (Å²) < 4.78 is 12.5. The third-order valence-electron chi connectivity index (χ3n) is 4.46. The predicted octanol–water partition coefficient (Wildman–Crippen LogP) is 1.85. The maximum absolute atomic E-state index is 12.1. The fraction of sp³-hybridized carbons (Fsp3) is 0.389. The van der Waals surface area contributed by atoms with Gasteiger partial charge in [0.2, 0.25) is 0 Å². The molecule has 13 heteroatoms. The minimum absolute atomic E-state index is 0.210. The van der Waals surface area contributed by atoms with Gasteiger partial charge in [0.25, 0.3) is 0 Å². The molecule has 3 N–H and O–H groups in total. The minimum atomic E-state index is -0.782. The Hall–Kier alpha value is -2.45. The lowest BCUT2D eigenvalue weighted by molar-refractivity contribution is -0.0432. The summed E-state index contributed by atoms with van der Waals surface area (Å²) in [5.74, 6) is 0.803. The maximum atomic E-state index is 12.1. The average molecular weight is 465 g/mol. The number of ether oxygens (including phenoxy) is 2. The van der Waals surface area contributed by atoms with Gasteiger partial charge in [-0.15, -0.1) is 0 Å². The van der Waals surface area contributed by atoms with Gasteiger partial charge < -0.3 is 19.7 Å². The number of hydrogen-bond acceptors (Lipinski definition) is 11. The van der Waals surface area contributed by atoms with Gasteiger partial charge in [0.1, 0.15) is 30.3 Å². The molecule has 1 fully saturated rings. The summed E-state index contributed by atoms with van der Waals surface area (Å²) in [6.45, 7) is -0.0636. The number of imidazole rings is 1. The van der Waals surface area contributed by atoms with Crippen LogP contribution in [0.25, 0.3) is 11.2 Å². The Kier molecular flexibility index (Phi) is 7.19. The Labute approximate surface area is 185 Å². The fourth-order valence-corrected chi connectivity index (χ4v) is 4.71. The summed E-state index contributed by atoms with van der Waals surface area (Å²) in [4.78, 5) is 28.9. The summed E-state index contributed by atoms with van der Waals surface area (Å²) in [6.07, 6.45) is 2.19. The Morgan fingerprint density at radius 2 is 2.23 bits per heavy atom. The number of rotatable bonds is 8. The lowest BCUT2D eigenvalue weighted by Gasteiger charge is -2.13. The molecule has 3 atom stereocenters. The number of nitrogens with zero attached hydrogens (tertiary/aromatic N) is 5. The van der Waals surface area contributed by atoms with Crippen molar-refractivity contribution in [2.24, 2.45) is 0 Å². The first-order chi connectivity index (χ1) is 15.2. The fourth-order valence-electron chi connectivity index (χ4n) is 3.00. The van der Waals surface area contributed by atoms with E-state index in [1.54, 1.807) is 10.8 Å². The van der Waals surface area contributed by atoms with Crippen molar-refractivity contribution < 1.29 is 24.5 Å². The van der Waals surface area contributed by atoms with Gasteiger partial charge in [0.05, 0.1) is 19.0 Å². The van der Waals surface area contributed by atoms with Crippen LogP contribution in [0.4, 0.5) is 10.6 Å². The molecule has 3 aromatic heterocycles. The van der Waals surface area contributed by atoms with E-state index in [9.17, 15) is 15.0 Å². The second-order valence-electron chi connectivity index (χ2n) is 6.50. The second-order valence-corrected chi connectivity index (χ2v) is 8.93. The third-order valence-corrected chi connectivity index (χ3v) is 6.68. The Bertz CT molecular complexity index is 1020. The standard InChI is InChI=1S/C18H20N6O5S2/c25-8-12-11(26)7-14(29-12)24-10-22-15-16(20-9-21-17(15)24)23-18(27)28-5-6-30-31-13-3-1-2-4-19-13/h1-4,9-12,14,25-26H,5-8H2,(H,20,21,23,27). The van der Waals surface area contributed by atoms with Gasteiger partial charge in [-0.3, -0.25) is 9.88 Å². The van der Waals surface area contributed by atoms with E-state index in [0.717, 1.165) is 5.03 Å². The molecular weight excluding hydrogens is 444 g/mol. The van der Waals surface area contributed by atoms with Crippen LogP contribution < -0.4 is 5.32 Å². The molecule has 3 aromatic rings. The minimum Gasteiger partial charge on any atom is -0.448 e. The van der Waals surface area contributed by atoms with Crippen LogP contribution in [0.1, 0.15) is 12.6 Å². The van der Waals surface area contributed by atoms with Gasteiger partial charge in [-0.1, -0.05) is 16.9 Å². The molecule has 1 aliphatic rings. The number of fused-ring (bicyclic) bond motifs is 1. The van der Waals surface area contributed by atoms with E-state index >= 15 is 0 Å². The van der Waals surface area contributed by atoms with E-state index < -0.39 is 24.5 Å². The Morgan fingerprint density at radius 1 is 1.32 bits per heavy atom. The number of hydrogen-bond donors (Lipinski definition) is 3. The molecule has 0 aliphatic carbocycles. The van der Waals surface area contributed by atoms with Crippen LogP contribution in [0, 0.1) is 0 Å². The summed E-state index contributed by atoms with van der Waals surface area (Å²) in [7, 11) is 3.04. The molecule has 31 heavy (non-hydrogen) atoms. The topological polar surface area (TPSA) is 145 Å². The number of carbonyl (C=O) groups is 1. The molecule has 1 aliphatic heterocycles. The zero-order valence-electron chi connectivity index (χ0n) is 16.2. The summed E-state index contributed by atoms with van der Waals surface area (Å²) in [5, 5.41) is 22.7. The van der Waals surface area contributed by atoms with Crippen LogP contribution in [0.5, 0.6) is 0 Å². The molecule has 4 heterocycles. The molecule has 11 nitrogen and oxygen atoms in total. The number of amides is 1. The Morgan fingerprint density at radius 3 is 3.00 bits per heavy atom. The first kappa shape index (κ1) is 21.8. The molecular formula is C18H20N6O5S2. The number of carbonyl (C=O) groups excluding carboxylic acids is 1. The van der Waals surface area contributed by atoms with Crippen molar-refractivity contribution in [2.45, 2.75) is 29.9 Å². The first-order valence-electron chi connectivity index (χ1n) is 9.42. The number of aliphatic hydroxyl groups excluding tert-OH is 2. The SMILES string of the molecule is O=C(Nc1ncnc2c1ncn2C1CC(O)C(CO)O1)OCCSSc1ccccn1. The molecule has 3 unspecified atom stereocenters. The van der Waals surface area contributed by atoms with Crippen LogP contribution in [0.2, 0.25) is 0 Å². The zero-order chi connectivity index (χ0) is 21.6. The largest absolute Gasteiger partial charge is 0.448 e.